The van der Waals surface area contributed by atoms with Crippen LogP contribution < -0.4 is 14.8 Å². The van der Waals surface area contributed by atoms with Gasteiger partial charge in [0.1, 0.15) is 24.3 Å². The fourth-order valence-corrected chi connectivity index (χ4v) is 5.52. The Morgan fingerprint density at radius 1 is 1.13 bits per heavy atom. The molecule has 0 bridgehead atoms. The van der Waals surface area contributed by atoms with Crippen LogP contribution in [0.2, 0.25) is 0 Å². The van der Waals surface area contributed by atoms with Crippen LogP contribution >= 0.6 is 11.3 Å². The third-order valence-corrected chi connectivity index (χ3v) is 7.61. The van der Waals surface area contributed by atoms with E-state index in [0.717, 1.165) is 0 Å². The van der Waals surface area contributed by atoms with Gasteiger partial charge < -0.3 is 14.8 Å². The number of amides is 1. The number of piperazine rings is 1. The van der Waals surface area contributed by atoms with Gasteiger partial charge >= 0.3 is 0 Å². The normalized spacial score (nSPS) is 17.3. The Bertz CT molecular complexity index is 1080. The first-order valence-corrected chi connectivity index (χ1v) is 11.7. The maximum absolute atomic E-state index is 13.0. The summed E-state index contributed by atoms with van der Waals surface area (Å²) in [6.07, 6.45) is 0. The molecular weight excluding hydrogens is 428 g/mol. The zero-order valence-corrected chi connectivity index (χ0v) is 17.7. The van der Waals surface area contributed by atoms with Gasteiger partial charge in [-0.05, 0) is 23.6 Å². The minimum Gasteiger partial charge on any atom is -0.486 e. The van der Waals surface area contributed by atoms with Gasteiger partial charge in [-0.1, -0.05) is 0 Å². The van der Waals surface area contributed by atoms with Crippen molar-refractivity contribution in [3.63, 3.8) is 0 Å². The first-order chi connectivity index (χ1) is 14.5. The maximum atomic E-state index is 13.0. The third kappa shape index (κ3) is 4.27. The Balaban J connectivity index is 1.35. The van der Waals surface area contributed by atoms with Gasteiger partial charge in [0.15, 0.2) is 11.5 Å². The number of anilines is 1. The monoisotopic (exact) mass is 448 g/mol. The minimum absolute atomic E-state index is 0.140. The molecule has 158 valence electrons. The SMILES string of the molecule is N#Cc1ccsc1NC(=O)CN1CCN(S(=O)(=O)c2ccc3c(c2)OCCO3)CC1. The molecule has 0 saturated carbocycles. The quantitative estimate of drug-likeness (QED) is 0.734. The molecule has 1 fully saturated rings. The molecule has 0 spiro atoms. The van der Waals surface area contributed by atoms with E-state index in [4.69, 9.17) is 14.7 Å². The third-order valence-electron chi connectivity index (χ3n) is 4.89. The molecule has 4 rings (SSSR count). The van der Waals surface area contributed by atoms with Gasteiger partial charge in [-0.3, -0.25) is 9.69 Å². The van der Waals surface area contributed by atoms with E-state index in [9.17, 15) is 13.2 Å². The lowest BCUT2D eigenvalue weighted by Gasteiger charge is -2.33. The number of hydrogen-bond acceptors (Lipinski definition) is 8. The van der Waals surface area contributed by atoms with E-state index >= 15 is 0 Å². The zero-order chi connectivity index (χ0) is 21.1. The lowest BCUT2D eigenvalue weighted by molar-refractivity contribution is -0.117. The van der Waals surface area contributed by atoms with Gasteiger partial charge in [-0.2, -0.15) is 9.57 Å². The summed E-state index contributed by atoms with van der Waals surface area (Å²) in [4.78, 5) is 14.3. The number of rotatable bonds is 5. The van der Waals surface area contributed by atoms with Crippen molar-refractivity contribution in [1.29, 1.82) is 5.26 Å². The van der Waals surface area contributed by atoms with Crippen molar-refractivity contribution in [1.82, 2.24) is 9.21 Å². The highest BCUT2D eigenvalue weighted by atomic mass is 32.2. The van der Waals surface area contributed by atoms with Crippen LogP contribution in [0.4, 0.5) is 5.00 Å². The number of nitriles is 1. The van der Waals surface area contributed by atoms with Crippen molar-refractivity contribution in [2.75, 3.05) is 51.3 Å². The summed E-state index contributed by atoms with van der Waals surface area (Å²) in [6.45, 7) is 2.41. The number of sulfonamides is 1. The number of thiophene rings is 1. The van der Waals surface area contributed by atoms with Gasteiger partial charge in [0.25, 0.3) is 0 Å². The second-order valence-corrected chi connectivity index (χ2v) is 9.66. The van der Waals surface area contributed by atoms with Crippen LogP contribution in [0.3, 0.4) is 0 Å². The Morgan fingerprint density at radius 3 is 2.60 bits per heavy atom. The van der Waals surface area contributed by atoms with Crippen LogP contribution in [0, 0.1) is 11.3 Å². The average molecular weight is 449 g/mol. The van der Waals surface area contributed by atoms with Gasteiger partial charge in [0.05, 0.1) is 17.0 Å². The number of fused-ring (bicyclic) bond motifs is 1. The summed E-state index contributed by atoms with van der Waals surface area (Å²) in [5.41, 5.74) is 0.434. The molecule has 1 N–H and O–H groups in total. The lowest BCUT2D eigenvalue weighted by Crippen LogP contribution is -2.50. The molecule has 0 atom stereocenters. The van der Waals surface area contributed by atoms with E-state index in [1.54, 1.807) is 17.5 Å². The van der Waals surface area contributed by atoms with E-state index in [0.29, 0.717) is 48.4 Å². The Kier molecular flexibility index (Phi) is 5.92. The summed E-state index contributed by atoms with van der Waals surface area (Å²) >= 11 is 1.30. The molecule has 2 aliphatic heterocycles. The first-order valence-electron chi connectivity index (χ1n) is 9.37. The summed E-state index contributed by atoms with van der Waals surface area (Å²) in [7, 11) is -3.66. The molecule has 30 heavy (non-hydrogen) atoms. The van der Waals surface area contributed by atoms with Crippen molar-refractivity contribution in [3.05, 3.63) is 35.2 Å². The number of nitrogens with zero attached hydrogens (tertiary/aromatic N) is 3. The van der Waals surface area contributed by atoms with E-state index in [-0.39, 0.29) is 30.4 Å². The second kappa shape index (κ2) is 8.61. The Labute approximate surface area is 178 Å². The van der Waals surface area contributed by atoms with Crippen LogP contribution in [0.15, 0.2) is 34.5 Å². The lowest BCUT2D eigenvalue weighted by atomic mass is 10.3. The molecule has 2 aromatic rings. The smallest absolute Gasteiger partial charge is 0.243 e. The highest BCUT2D eigenvalue weighted by Crippen LogP contribution is 2.33. The van der Waals surface area contributed by atoms with Crippen molar-refractivity contribution in [3.8, 4) is 17.6 Å². The fraction of sp³-hybridized carbons (Fsp3) is 0.368. The summed E-state index contributed by atoms with van der Waals surface area (Å²) in [6, 6.07) is 8.32. The van der Waals surface area contributed by atoms with Crippen LogP contribution in [-0.2, 0) is 14.8 Å². The van der Waals surface area contributed by atoms with E-state index in [1.165, 1.54) is 27.8 Å². The van der Waals surface area contributed by atoms with Crippen molar-refractivity contribution in [2.24, 2.45) is 0 Å². The Morgan fingerprint density at radius 2 is 1.87 bits per heavy atom. The molecule has 1 saturated heterocycles. The van der Waals surface area contributed by atoms with Crippen LogP contribution in [0.1, 0.15) is 5.56 Å². The molecule has 3 heterocycles. The largest absolute Gasteiger partial charge is 0.486 e. The molecule has 1 amide bonds. The van der Waals surface area contributed by atoms with Gasteiger partial charge in [0.2, 0.25) is 15.9 Å². The van der Waals surface area contributed by atoms with Gasteiger partial charge in [-0.15, -0.1) is 11.3 Å². The molecule has 0 unspecified atom stereocenters. The molecular formula is C19H20N4O5S2. The number of ether oxygens (including phenoxy) is 2. The molecule has 11 heteroatoms. The molecule has 0 radical (unpaired) electrons. The standard InChI is InChI=1S/C19H20N4O5S2/c20-12-14-3-10-29-19(14)21-18(24)13-22-4-6-23(7-5-22)30(25,26)15-1-2-16-17(11-15)28-9-8-27-16/h1-3,10-11H,4-9,13H2,(H,21,24). The summed E-state index contributed by atoms with van der Waals surface area (Å²) in [5, 5.41) is 14.0. The molecule has 0 aliphatic carbocycles. The fourth-order valence-electron chi connectivity index (χ4n) is 3.32. The number of nitrogens with one attached hydrogen (secondary N) is 1. The highest BCUT2D eigenvalue weighted by Gasteiger charge is 2.30. The van der Waals surface area contributed by atoms with E-state index in [1.807, 2.05) is 11.0 Å². The Hall–Kier alpha value is -2.65. The highest BCUT2D eigenvalue weighted by molar-refractivity contribution is 7.89. The second-order valence-electron chi connectivity index (χ2n) is 6.81. The number of benzene rings is 1. The van der Waals surface area contributed by atoms with Crippen LogP contribution in [-0.4, -0.2) is 69.5 Å². The average Bonchev–Trinajstić information content (AvgIpc) is 3.20. The predicted molar refractivity (Wildman–Crippen MR) is 110 cm³/mol. The number of carbonyl (C=O) groups excluding carboxylic acids is 1. The van der Waals surface area contributed by atoms with Gasteiger partial charge in [-0.25, -0.2) is 8.42 Å². The van der Waals surface area contributed by atoms with Crippen molar-refractivity contribution in [2.45, 2.75) is 4.90 Å². The van der Waals surface area contributed by atoms with Crippen molar-refractivity contribution < 1.29 is 22.7 Å². The molecule has 1 aromatic carbocycles. The topological polar surface area (TPSA) is 112 Å². The number of hydrogen-bond donors (Lipinski definition) is 1. The van der Waals surface area contributed by atoms with Crippen molar-refractivity contribution >= 4 is 32.3 Å². The molecule has 1 aromatic heterocycles. The zero-order valence-electron chi connectivity index (χ0n) is 16.0. The molecule has 2 aliphatic rings. The van der Waals surface area contributed by atoms with Gasteiger partial charge in [0, 0.05) is 32.2 Å². The van der Waals surface area contributed by atoms with E-state index < -0.39 is 10.0 Å². The van der Waals surface area contributed by atoms with Crippen LogP contribution in [0.5, 0.6) is 11.5 Å². The minimum atomic E-state index is -3.66. The maximum Gasteiger partial charge on any atom is 0.243 e. The summed E-state index contributed by atoms with van der Waals surface area (Å²) in [5.74, 6) is 0.751. The number of carbonyl (C=O) groups is 1. The van der Waals surface area contributed by atoms with E-state index in [2.05, 4.69) is 5.32 Å². The molecule has 9 nitrogen and oxygen atoms in total. The van der Waals surface area contributed by atoms with Crippen LogP contribution in [0.25, 0.3) is 0 Å². The first kappa shape index (κ1) is 20.6. The predicted octanol–water partition coefficient (Wildman–Crippen LogP) is 1.34. The summed E-state index contributed by atoms with van der Waals surface area (Å²) < 4.78 is 38.3.